The molecule has 1 amide bonds. The van der Waals surface area contributed by atoms with Crippen LogP contribution >= 0.6 is 0 Å². The predicted octanol–water partition coefficient (Wildman–Crippen LogP) is 2.45. The summed E-state index contributed by atoms with van der Waals surface area (Å²) in [6.45, 7) is 4.50. The van der Waals surface area contributed by atoms with E-state index < -0.39 is 0 Å². The summed E-state index contributed by atoms with van der Waals surface area (Å²) >= 11 is 0. The van der Waals surface area contributed by atoms with Crippen LogP contribution in [0.3, 0.4) is 0 Å². The summed E-state index contributed by atoms with van der Waals surface area (Å²) in [7, 11) is 0. The SMILES string of the molecule is CCCOc1ccccc1-c1ccc(C(=O)NN)c(C)n1. The first-order valence-corrected chi connectivity index (χ1v) is 6.88. The fourth-order valence-electron chi connectivity index (χ4n) is 2.04. The number of hydrogen-bond acceptors (Lipinski definition) is 4. The second-order valence-electron chi connectivity index (χ2n) is 4.65. The number of carbonyl (C=O) groups excluding carboxylic acids is 1. The molecular weight excluding hydrogens is 266 g/mol. The third-order valence-electron chi connectivity index (χ3n) is 3.09. The maximum atomic E-state index is 11.6. The molecule has 0 aliphatic carbocycles. The average molecular weight is 285 g/mol. The van der Waals surface area contributed by atoms with Crippen molar-refractivity contribution in [3.8, 4) is 17.0 Å². The number of aromatic nitrogens is 1. The molecule has 0 saturated carbocycles. The molecule has 0 unspecified atom stereocenters. The first kappa shape index (κ1) is 15.0. The molecule has 2 rings (SSSR count). The van der Waals surface area contributed by atoms with Gasteiger partial charge in [-0.15, -0.1) is 0 Å². The van der Waals surface area contributed by atoms with Crippen molar-refractivity contribution in [3.63, 3.8) is 0 Å². The van der Waals surface area contributed by atoms with Gasteiger partial charge in [-0.05, 0) is 37.6 Å². The molecule has 0 bridgehead atoms. The number of ether oxygens (including phenoxy) is 1. The molecule has 0 spiro atoms. The Hall–Kier alpha value is -2.40. The zero-order chi connectivity index (χ0) is 15.2. The van der Waals surface area contributed by atoms with Gasteiger partial charge in [-0.2, -0.15) is 0 Å². The summed E-state index contributed by atoms with van der Waals surface area (Å²) in [4.78, 5) is 16.1. The Morgan fingerprint density at radius 1 is 1.29 bits per heavy atom. The number of rotatable bonds is 5. The maximum absolute atomic E-state index is 11.6. The summed E-state index contributed by atoms with van der Waals surface area (Å²) in [5.74, 6) is 5.60. The number of benzene rings is 1. The van der Waals surface area contributed by atoms with E-state index in [2.05, 4.69) is 17.3 Å². The monoisotopic (exact) mass is 285 g/mol. The third kappa shape index (κ3) is 3.38. The lowest BCUT2D eigenvalue weighted by Gasteiger charge is -2.12. The fourth-order valence-corrected chi connectivity index (χ4v) is 2.04. The van der Waals surface area contributed by atoms with E-state index in [0.717, 1.165) is 23.4 Å². The van der Waals surface area contributed by atoms with Gasteiger partial charge in [0.2, 0.25) is 0 Å². The highest BCUT2D eigenvalue weighted by Gasteiger charge is 2.12. The van der Waals surface area contributed by atoms with Crippen LogP contribution in [0.2, 0.25) is 0 Å². The van der Waals surface area contributed by atoms with Crippen molar-refractivity contribution in [1.82, 2.24) is 10.4 Å². The molecular formula is C16H19N3O2. The van der Waals surface area contributed by atoms with Crippen LogP contribution in [0, 0.1) is 6.92 Å². The highest BCUT2D eigenvalue weighted by molar-refractivity contribution is 5.95. The molecule has 2 aromatic rings. The Kier molecular flexibility index (Phi) is 4.90. The molecule has 0 aliphatic heterocycles. The molecule has 1 heterocycles. The fraction of sp³-hybridized carbons (Fsp3) is 0.250. The van der Waals surface area contributed by atoms with Crippen LogP contribution in [0.4, 0.5) is 0 Å². The molecule has 110 valence electrons. The lowest BCUT2D eigenvalue weighted by molar-refractivity contribution is 0.0952. The van der Waals surface area contributed by atoms with Crippen LogP contribution in [0.1, 0.15) is 29.4 Å². The Morgan fingerprint density at radius 2 is 2.05 bits per heavy atom. The Balaban J connectivity index is 2.39. The smallest absolute Gasteiger partial charge is 0.267 e. The van der Waals surface area contributed by atoms with Crippen LogP contribution in [0.5, 0.6) is 5.75 Å². The van der Waals surface area contributed by atoms with E-state index in [-0.39, 0.29) is 5.91 Å². The van der Waals surface area contributed by atoms with E-state index in [1.54, 1.807) is 19.1 Å². The third-order valence-corrected chi connectivity index (χ3v) is 3.09. The molecule has 3 N–H and O–H groups in total. The summed E-state index contributed by atoms with van der Waals surface area (Å²) < 4.78 is 5.74. The predicted molar refractivity (Wildman–Crippen MR) is 81.8 cm³/mol. The van der Waals surface area contributed by atoms with Gasteiger partial charge < -0.3 is 4.74 Å². The lowest BCUT2D eigenvalue weighted by Crippen LogP contribution is -2.30. The molecule has 0 aliphatic rings. The van der Waals surface area contributed by atoms with Gasteiger partial charge in [0.15, 0.2) is 0 Å². The van der Waals surface area contributed by atoms with Gasteiger partial charge in [-0.1, -0.05) is 19.1 Å². The van der Waals surface area contributed by atoms with Crippen molar-refractivity contribution in [1.29, 1.82) is 0 Å². The molecule has 0 fully saturated rings. The van der Waals surface area contributed by atoms with Crippen molar-refractivity contribution in [3.05, 3.63) is 47.7 Å². The first-order chi connectivity index (χ1) is 10.2. The molecule has 5 heteroatoms. The van der Waals surface area contributed by atoms with Crippen molar-refractivity contribution in [2.75, 3.05) is 6.61 Å². The van der Waals surface area contributed by atoms with Crippen LogP contribution < -0.4 is 16.0 Å². The summed E-state index contributed by atoms with van der Waals surface area (Å²) in [6, 6.07) is 11.3. The van der Waals surface area contributed by atoms with Crippen LogP contribution in [-0.2, 0) is 0 Å². The first-order valence-electron chi connectivity index (χ1n) is 6.88. The van der Waals surface area contributed by atoms with Crippen LogP contribution in [0.15, 0.2) is 36.4 Å². The Morgan fingerprint density at radius 3 is 2.71 bits per heavy atom. The number of para-hydroxylation sites is 1. The number of aryl methyl sites for hydroxylation is 1. The summed E-state index contributed by atoms with van der Waals surface area (Å²) in [5.41, 5.74) is 4.89. The van der Waals surface area contributed by atoms with Crippen LogP contribution in [-0.4, -0.2) is 17.5 Å². The Labute approximate surface area is 124 Å². The second-order valence-corrected chi connectivity index (χ2v) is 4.65. The zero-order valence-electron chi connectivity index (χ0n) is 12.2. The van der Waals surface area contributed by atoms with Gasteiger partial charge in [0, 0.05) is 5.56 Å². The number of nitrogens with zero attached hydrogens (tertiary/aromatic N) is 1. The van der Waals surface area contributed by atoms with Gasteiger partial charge in [0.1, 0.15) is 5.75 Å². The van der Waals surface area contributed by atoms with Crippen LogP contribution in [0.25, 0.3) is 11.3 Å². The standard InChI is InChI=1S/C16H19N3O2/c1-3-10-21-15-7-5-4-6-13(15)14-9-8-12(11(2)18-14)16(20)19-17/h4-9H,3,10,17H2,1-2H3,(H,19,20). The number of nitrogen functional groups attached to an aromatic ring is 1. The van der Waals surface area contributed by atoms with Gasteiger partial charge in [0.05, 0.1) is 23.6 Å². The van der Waals surface area contributed by atoms with Crippen molar-refractivity contribution < 1.29 is 9.53 Å². The minimum atomic E-state index is -0.345. The highest BCUT2D eigenvalue weighted by atomic mass is 16.5. The lowest BCUT2D eigenvalue weighted by atomic mass is 10.1. The topological polar surface area (TPSA) is 77.2 Å². The normalized spacial score (nSPS) is 10.2. The minimum Gasteiger partial charge on any atom is -0.493 e. The number of pyridine rings is 1. The number of hydrazine groups is 1. The van der Waals surface area contributed by atoms with Gasteiger partial charge >= 0.3 is 0 Å². The largest absolute Gasteiger partial charge is 0.493 e. The van der Waals surface area contributed by atoms with Crippen molar-refractivity contribution in [2.24, 2.45) is 5.84 Å². The molecule has 21 heavy (non-hydrogen) atoms. The number of hydrogen-bond donors (Lipinski definition) is 2. The molecule has 5 nitrogen and oxygen atoms in total. The number of amides is 1. The van der Waals surface area contributed by atoms with Gasteiger partial charge in [-0.3, -0.25) is 15.2 Å². The van der Waals surface area contributed by atoms with Crippen molar-refractivity contribution >= 4 is 5.91 Å². The quantitative estimate of drug-likeness (QED) is 0.502. The average Bonchev–Trinajstić information content (AvgIpc) is 2.52. The molecule has 0 atom stereocenters. The summed E-state index contributed by atoms with van der Waals surface area (Å²) in [6.07, 6.45) is 0.941. The molecule has 1 aromatic heterocycles. The molecule has 1 aromatic carbocycles. The summed E-state index contributed by atoms with van der Waals surface area (Å²) in [5, 5.41) is 0. The maximum Gasteiger partial charge on any atom is 0.267 e. The number of nitrogens with one attached hydrogen (secondary N) is 1. The molecule has 0 radical (unpaired) electrons. The van der Waals surface area contributed by atoms with E-state index in [1.165, 1.54) is 0 Å². The van der Waals surface area contributed by atoms with Gasteiger partial charge in [0.25, 0.3) is 5.91 Å². The minimum absolute atomic E-state index is 0.345. The highest BCUT2D eigenvalue weighted by Crippen LogP contribution is 2.29. The van der Waals surface area contributed by atoms with Crippen molar-refractivity contribution in [2.45, 2.75) is 20.3 Å². The van der Waals surface area contributed by atoms with E-state index in [9.17, 15) is 4.79 Å². The van der Waals surface area contributed by atoms with E-state index in [1.807, 2.05) is 24.3 Å². The number of nitrogens with two attached hydrogens (primary N) is 1. The second kappa shape index (κ2) is 6.85. The Bertz CT molecular complexity index is 641. The van der Waals surface area contributed by atoms with E-state index >= 15 is 0 Å². The van der Waals surface area contributed by atoms with Gasteiger partial charge in [-0.25, -0.2) is 5.84 Å². The zero-order valence-corrected chi connectivity index (χ0v) is 12.2. The van der Waals surface area contributed by atoms with E-state index in [0.29, 0.717) is 17.9 Å². The molecule has 0 saturated heterocycles. The van der Waals surface area contributed by atoms with E-state index in [4.69, 9.17) is 10.6 Å². The number of carbonyl (C=O) groups is 1.